The first kappa shape index (κ1) is 15.5. The molecule has 20 heavy (non-hydrogen) atoms. The molecule has 7 heteroatoms. The number of sulfonamides is 1. The van der Waals surface area contributed by atoms with Crippen molar-refractivity contribution in [3.63, 3.8) is 0 Å². The Kier molecular flexibility index (Phi) is 5.17. The lowest BCUT2D eigenvalue weighted by molar-refractivity contribution is -0.131. The summed E-state index contributed by atoms with van der Waals surface area (Å²) in [6, 6.07) is 3.37. The highest BCUT2D eigenvalue weighted by Gasteiger charge is 2.28. The molecular weight excluding hydrogens is 296 g/mol. The Balaban J connectivity index is 2.05. The van der Waals surface area contributed by atoms with E-state index >= 15 is 0 Å². The quantitative estimate of drug-likeness (QED) is 0.850. The fourth-order valence-electron chi connectivity index (χ4n) is 2.29. The number of hydrogen-bond acceptors (Lipinski definition) is 4. The summed E-state index contributed by atoms with van der Waals surface area (Å²) >= 11 is 1.24. The van der Waals surface area contributed by atoms with Gasteiger partial charge in [0.25, 0.3) is 10.0 Å². The average Bonchev–Trinajstić information content (AvgIpc) is 2.84. The monoisotopic (exact) mass is 316 g/mol. The molecule has 0 bridgehead atoms. The first-order valence-electron chi connectivity index (χ1n) is 6.87. The third-order valence-corrected chi connectivity index (χ3v) is 6.63. The Morgan fingerprint density at radius 1 is 1.30 bits per heavy atom. The number of carbonyl (C=O) groups is 1. The molecule has 1 saturated heterocycles. The Morgan fingerprint density at radius 3 is 2.75 bits per heavy atom. The van der Waals surface area contributed by atoms with Crippen LogP contribution in [0.1, 0.15) is 26.2 Å². The lowest BCUT2D eigenvalue weighted by atomic mass is 10.3. The van der Waals surface area contributed by atoms with Crippen molar-refractivity contribution in [1.29, 1.82) is 0 Å². The van der Waals surface area contributed by atoms with Crippen LogP contribution in [0.15, 0.2) is 21.7 Å². The highest BCUT2D eigenvalue weighted by Crippen LogP contribution is 2.22. The van der Waals surface area contributed by atoms with Gasteiger partial charge in [0.15, 0.2) is 0 Å². The minimum absolute atomic E-state index is 0.128. The lowest BCUT2D eigenvalue weighted by Gasteiger charge is -2.21. The van der Waals surface area contributed by atoms with Crippen molar-refractivity contribution in [3.8, 4) is 0 Å². The van der Waals surface area contributed by atoms with Crippen LogP contribution in [0.5, 0.6) is 0 Å². The van der Waals surface area contributed by atoms with Crippen LogP contribution < -0.4 is 0 Å². The second-order valence-electron chi connectivity index (χ2n) is 4.82. The molecule has 0 saturated carbocycles. The standard InChI is InChI=1S/C13H20N2O3S2/c1-2-5-12(16)14-7-4-8-15(10-9-14)20(17,18)13-6-3-11-19-13/h3,6,11H,2,4-5,7-10H2,1H3. The third kappa shape index (κ3) is 3.39. The van der Waals surface area contributed by atoms with Gasteiger partial charge in [-0.15, -0.1) is 11.3 Å². The molecule has 1 fully saturated rings. The average molecular weight is 316 g/mol. The van der Waals surface area contributed by atoms with Crippen molar-refractivity contribution in [2.75, 3.05) is 26.2 Å². The summed E-state index contributed by atoms with van der Waals surface area (Å²) in [7, 11) is -3.39. The molecule has 1 aromatic rings. The smallest absolute Gasteiger partial charge is 0.252 e. The SMILES string of the molecule is CCCC(=O)N1CCCN(S(=O)(=O)c2cccs2)CC1. The fraction of sp³-hybridized carbons (Fsp3) is 0.615. The predicted molar refractivity (Wildman–Crippen MR) is 79.2 cm³/mol. The third-order valence-electron chi connectivity index (χ3n) is 3.36. The van der Waals surface area contributed by atoms with Gasteiger partial charge in [-0.3, -0.25) is 4.79 Å². The molecular formula is C13H20N2O3S2. The largest absolute Gasteiger partial charge is 0.341 e. The van der Waals surface area contributed by atoms with E-state index < -0.39 is 10.0 Å². The van der Waals surface area contributed by atoms with E-state index in [0.29, 0.717) is 43.2 Å². The van der Waals surface area contributed by atoms with Gasteiger partial charge in [0.1, 0.15) is 4.21 Å². The van der Waals surface area contributed by atoms with E-state index in [1.807, 2.05) is 6.92 Å². The van der Waals surface area contributed by atoms with Gasteiger partial charge in [-0.2, -0.15) is 4.31 Å². The molecule has 0 radical (unpaired) electrons. The number of rotatable bonds is 4. The highest BCUT2D eigenvalue weighted by molar-refractivity contribution is 7.91. The minimum atomic E-state index is -3.39. The van der Waals surface area contributed by atoms with Crippen LogP contribution in [0.25, 0.3) is 0 Å². The first-order chi connectivity index (χ1) is 9.55. The Hall–Kier alpha value is -0.920. The molecule has 1 aromatic heterocycles. The number of nitrogens with zero attached hydrogens (tertiary/aromatic N) is 2. The van der Waals surface area contributed by atoms with Crippen LogP contribution >= 0.6 is 11.3 Å². The Labute approximate surface area is 124 Å². The van der Waals surface area contributed by atoms with Gasteiger partial charge in [0, 0.05) is 32.6 Å². The van der Waals surface area contributed by atoms with Crippen LogP contribution in [0.3, 0.4) is 0 Å². The van der Waals surface area contributed by atoms with E-state index in [4.69, 9.17) is 0 Å². The van der Waals surface area contributed by atoms with E-state index in [1.54, 1.807) is 22.4 Å². The van der Waals surface area contributed by atoms with E-state index in [9.17, 15) is 13.2 Å². The van der Waals surface area contributed by atoms with Crippen LogP contribution in [0.2, 0.25) is 0 Å². The summed E-state index contributed by atoms with van der Waals surface area (Å²) in [4.78, 5) is 13.7. The van der Waals surface area contributed by atoms with E-state index in [2.05, 4.69) is 0 Å². The van der Waals surface area contributed by atoms with E-state index in [-0.39, 0.29) is 5.91 Å². The second kappa shape index (κ2) is 6.69. The molecule has 0 atom stereocenters. The van der Waals surface area contributed by atoms with Gasteiger partial charge >= 0.3 is 0 Å². The molecule has 0 N–H and O–H groups in total. The highest BCUT2D eigenvalue weighted by atomic mass is 32.2. The van der Waals surface area contributed by atoms with Crippen molar-refractivity contribution in [1.82, 2.24) is 9.21 Å². The molecule has 0 unspecified atom stereocenters. The van der Waals surface area contributed by atoms with Crippen LogP contribution in [-0.4, -0.2) is 49.7 Å². The van der Waals surface area contributed by atoms with Crippen molar-refractivity contribution in [3.05, 3.63) is 17.5 Å². The molecule has 2 rings (SSSR count). The van der Waals surface area contributed by atoms with Crippen LogP contribution in [0.4, 0.5) is 0 Å². The molecule has 2 heterocycles. The van der Waals surface area contributed by atoms with E-state index in [0.717, 1.165) is 6.42 Å². The van der Waals surface area contributed by atoms with Crippen molar-refractivity contribution >= 4 is 27.3 Å². The molecule has 1 aliphatic rings. The number of hydrogen-bond donors (Lipinski definition) is 0. The zero-order valence-corrected chi connectivity index (χ0v) is 13.3. The maximum absolute atomic E-state index is 12.4. The molecule has 1 aliphatic heterocycles. The van der Waals surface area contributed by atoms with Gasteiger partial charge in [0.05, 0.1) is 0 Å². The molecule has 0 spiro atoms. The normalized spacial score (nSPS) is 17.9. The minimum Gasteiger partial charge on any atom is -0.341 e. The second-order valence-corrected chi connectivity index (χ2v) is 7.93. The zero-order valence-electron chi connectivity index (χ0n) is 11.6. The van der Waals surface area contributed by atoms with Crippen molar-refractivity contribution < 1.29 is 13.2 Å². The summed E-state index contributed by atoms with van der Waals surface area (Å²) in [5, 5.41) is 1.77. The predicted octanol–water partition coefficient (Wildman–Crippen LogP) is 1.77. The van der Waals surface area contributed by atoms with E-state index in [1.165, 1.54) is 15.6 Å². The molecule has 5 nitrogen and oxygen atoms in total. The van der Waals surface area contributed by atoms with Crippen LogP contribution in [-0.2, 0) is 14.8 Å². The maximum Gasteiger partial charge on any atom is 0.252 e. The van der Waals surface area contributed by atoms with Crippen LogP contribution in [0, 0.1) is 0 Å². The van der Waals surface area contributed by atoms with Gasteiger partial charge < -0.3 is 4.90 Å². The number of amides is 1. The lowest BCUT2D eigenvalue weighted by Crippen LogP contribution is -2.37. The Morgan fingerprint density at radius 2 is 2.10 bits per heavy atom. The maximum atomic E-state index is 12.4. The van der Waals surface area contributed by atoms with Gasteiger partial charge in [-0.25, -0.2) is 8.42 Å². The molecule has 0 aromatic carbocycles. The summed E-state index contributed by atoms with van der Waals surface area (Å²) in [5.74, 6) is 0.128. The molecule has 1 amide bonds. The number of thiophene rings is 1. The summed E-state index contributed by atoms with van der Waals surface area (Å²) < 4.78 is 26.8. The number of carbonyl (C=O) groups excluding carboxylic acids is 1. The zero-order chi connectivity index (χ0) is 14.6. The van der Waals surface area contributed by atoms with Crippen molar-refractivity contribution in [2.24, 2.45) is 0 Å². The van der Waals surface area contributed by atoms with Gasteiger partial charge in [-0.1, -0.05) is 13.0 Å². The van der Waals surface area contributed by atoms with Gasteiger partial charge in [0.2, 0.25) is 5.91 Å². The summed E-state index contributed by atoms with van der Waals surface area (Å²) in [5.41, 5.74) is 0. The topological polar surface area (TPSA) is 57.7 Å². The van der Waals surface area contributed by atoms with Crippen molar-refractivity contribution in [2.45, 2.75) is 30.4 Å². The molecule has 112 valence electrons. The molecule has 0 aliphatic carbocycles. The van der Waals surface area contributed by atoms with Gasteiger partial charge in [-0.05, 0) is 24.3 Å². The Bertz CT molecular complexity index is 540. The summed E-state index contributed by atoms with van der Waals surface area (Å²) in [6.45, 7) is 3.98. The fourth-order valence-corrected chi connectivity index (χ4v) is 4.91. The first-order valence-corrected chi connectivity index (χ1v) is 9.19. The summed E-state index contributed by atoms with van der Waals surface area (Å²) in [6.07, 6.45) is 2.06.